The predicted molar refractivity (Wildman–Crippen MR) is 61.1 cm³/mol. The van der Waals surface area contributed by atoms with E-state index in [0.717, 1.165) is 22.6 Å². The SMILES string of the molecule is CCC(C#N)Sc1ccc(N)c(C)c1. The van der Waals surface area contributed by atoms with Crippen LogP contribution >= 0.6 is 11.8 Å². The molecular formula is C11H14N2S. The van der Waals surface area contributed by atoms with E-state index in [2.05, 4.69) is 6.07 Å². The van der Waals surface area contributed by atoms with E-state index in [1.54, 1.807) is 11.8 Å². The van der Waals surface area contributed by atoms with Gasteiger partial charge < -0.3 is 5.73 Å². The van der Waals surface area contributed by atoms with Crippen LogP contribution < -0.4 is 5.73 Å². The second-order valence-electron chi connectivity index (χ2n) is 3.16. The summed E-state index contributed by atoms with van der Waals surface area (Å²) < 4.78 is 0. The molecule has 0 aliphatic carbocycles. The zero-order chi connectivity index (χ0) is 10.6. The van der Waals surface area contributed by atoms with Crippen molar-refractivity contribution in [3.63, 3.8) is 0 Å². The van der Waals surface area contributed by atoms with Gasteiger partial charge in [0, 0.05) is 10.6 Å². The van der Waals surface area contributed by atoms with Crippen molar-refractivity contribution in [3.05, 3.63) is 23.8 Å². The third-order valence-electron chi connectivity index (χ3n) is 2.03. The van der Waals surface area contributed by atoms with Gasteiger partial charge in [-0.05, 0) is 37.1 Å². The van der Waals surface area contributed by atoms with Crippen molar-refractivity contribution in [2.24, 2.45) is 0 Å². The molecule has 1 atom stereocenters. The van der Waals surface area contributed by atoms with E-state index in [-0.39, 0.29) is 5.25 Å². The van der Waals surface area contributed by atoms with Gasteiger partial charge in [0.05, 0.1) is 11.3 Å². The third-order valence-corrected chi connectivity index (χ3v) is 3.28. The first-order chi connectivity index (χ1) is 6.67. The van der Waals surface area contributed by atoms with E-state index in [4.69, 9.17) is 11.0 Å². The normalized spacial score (nSPS) is 12.1. The van der Waals surface area contributed by atoms with Gasteiger partial charge >= 0.3 is 0 Å². The van der Waals surface area contributed by atoms with Crippen LogP contribution in [0.1, 0.15) is 18.9 Å². The second-order valence-corrected chi connectivity index (χ2v) is 4.44. The van der Waals surface area contributed by atoms with Gasteiger partial charge in [0.1, 0.15) is 0 Å². The maximum atomic E-state index is 8.82. The third kappa shape index (κ3) is 2.68. The van der Waals surface area contributed by atoms with Crippen molar-refractivity contribution in [2.45, 2.75) is 30.4 Å². The Morgan fingerprint density at radius 2 is 2.29 bits per heavy atom. The number of nitriles is 1. The van der Waals surface area contributed by atoms with Crippen LogP contribution in [0.15, 0.2) is 23.1 Å². The van der Waals surface area contributed by atoms with Crippen LogP contribution in [-0.4, -0.2) is 5.25 Å². The Kier molecular flexibility index (Phi) is 3.84. The molecule has 0 saturated heterocycles. The van der Waals surface area contributed by atoms with Crippen LogP contribution in [0.4, 0.5) is 5.69 Å². The Bertz CT molecular complexity index is 355. The molecular weight excluding hydrogens is 192 g/mol. The number of nitrogens with two attached hydrogens (primary N) is 1. The lowest BCUT2D eigenvalue weighted by Gasteiger charge is -2.07. The molecule has 0 heterocycles. The molecule has 0 fully saturated rings. The Morgan fingerprint density at radius 1 is 1.57 bits per heavy atom. The highest BCUT2D eigenvalue weighted by molar-refractivity contribution is 8.00. The minimum atomic E-state index is 0.0398. The number of hydrogen-bond acceptors (Lipinski definition) is 3. The van der Waals surface area contributed by atoms with Crippen LogP contribution in [0.25, 0.3) is 0 Å². The maximum absolute atomic E-state index is 8.82. The largest absolute Gasteiger partial charge is 0.399 e. The molecule has 2 nitrogen and oxygen atoms in total. The van der Waals surface area contributed by atoms with Crippen LogP contribution in [0.2, 0.25) is 0 Å². The molecule has 14 heavy (non-hydrogen) atoms. The maximum Gasteiger partial charge on any atom is 0.0961 e. The van der Waals surface area contributed by atoms with Gasteiger partial charge in [0.2, 0.25) is 0 Å². The lowest BCUT2D eigenvalue weighted by Crippen LogP contribution is -1.96. The number of thioether (sulfide) groups is 1. The fraction of sp³-hybridized carbons (Fsp3) is 0.364. The summed E-state index contributed by atoms with van der Waals surface area (Å²) in [4.78, 5) is 1.12. The molecule has 74 valence electrons. The molecule has 1 rings (SSSR count). The fourth-order valence-electron chi connectivity index (χ4n) is 1.09. The standard InChI is InChI=1S/C11H14N2S/c1-3-9(7-12)14-10-4-5-11(13)8(2)6-10/h4-6,9H,3,13H2,1-2H3. The molecule has 3 heteroatoms. The highest BCUT2D eigenvalue weighted by Crippen LogP contribution is 2.27. The molecule has 0 radical (unpaired) electrons. The molecule has 1 aromatic rings. The van der Waals surface area contributed by atoms with Gasteiger partial charge in [-0.2, -0.15) is 5.26 Å². The van der Waals surface area contributed by atoms with Gasteiger partial charge in [-0.3, -0.25) is 0 Å². The minimum Gasteiger partial charge on any atom is -0.399 e. The molecule has 0 bridgehead atoms. The van der Waals surface area contributed by atoms with E-state index >= 15 is 0 Å². The van der Waals surface area contributed by atoms with E-state index in [9.17, 15) is 0 Å². The van der Waals surface area contributed by atoms with Gasteiger partial charge in [-0.15, -0.1) is 11.8 Å². The molecule has 0 aliphatic rings. The van der Waals surface area contributed by atoms with Gasteiger partial charge in [-0.25, -0.2) is 0 Å². The van der Waals surface area contributed by atoms with Crippen LogP contribution in [0.3, 0.4) is 0 Å². The molecule has 1 aromatic carbocycles. The number of anilines is 1. The Labute approximate surface area is 89.1 Å². The van der Waals surface area contributed by atoms with Crippen LogP contribution in [-0.2, 0) is 0 Å². The summed E-state index contributed by atoms with van der Waals surface area (Å²) >= 11 is 1.59. The molecule has 0 amide bonds. The Balaban J connectivity index is 2.78. The van der Waals surface area contributed by atoms with Crippen molar-refractivity contribution in [1.82, 2.24) is 0 Å². The fourth-order valence-corrected chi connectivity index (χ4v) is 2.03. The van der Waals surface area contributed by atoms with Crippen molar-refractivity contribution in [1.29, 1.82) is 5.26 Å². The zero-order valence-electron chi connectivity index (χ0n) is 8.45. The monoisotopic (exact) mass is 206 g/mol. The first-order valence-electron chi connectivity index (χ1n) is 4.59. The van der Waals surface area contributed by atoms with E-state index in [1.165, 1.54) is 0 Å². The summed E-state index contributed by atoms with van der Waals surface area (Å²) in [5.41, 5.74) is 7.59. The Hall–Kier alpha value is -1.14. The quantitative estimate of drug-likeness (QED) is 0.611. The average Bonchev–Trinajstić information content (AvgIpc) is 2.19. The molecule has 0 aliphatic heterocycles. The number of nitrogens with zero attached hydrogens (tertiary/aromatic N) is 1. The predicted octanol–water partition coefficient (Wildman–Crippen LogP) is 2.97. The number of rotatable bonds is 3. The molecule has 2 N–H and O–H groups in total. The van der Waals surface area contributed by atoms with Crippen molar-refractivity contribution in [3.8, 4) is 6.07 Å². The summed E-state index contributed by atoms with van der Waals surface area (Å²) in [6.45, 7) is 4.00. The number of hydrogen-bond donors (Lipinski definition) is 1. The van der Waals surface area contributed by atoms with Crippen LogP contribution in [0, 0.1) is 18.3 Å². The van der Waals surface area contributed by atoms with Gasteiger partial charge in [0.15, 0.2) is 0 Å². The summed E-state index contributed by atoms with van der Waals surface area (Å²) in [7, 11) is 0. The number of aryl methyl sites for hydroxylation is 1. The summed E-state index contributed by atoms with van der Waals surface area (Å²) in [6, 6.07) is 8.15. The number of benzene rings is 1. The lowest BCUT2D eigenvalue weighted by atomic mass is 10.2. The zero-order valence-corrected chi connectivity index (χ0v) is 9.27. The van der Waals surface area contributed by atoms with E-state index in [1.807, 2.05) is 32.0 Å². The Morgan fingerprint density at radius 3 is 2.79 bits per heavy atom. The highest BCUT2D eigenvalue weighted by Gasteiger charge is 2.06. The van der Waals surface area contributed by atoms with Crippen molar-refractivity contribution in [2.75, 3.05) is 5.73 Å². The summed E-state index contributed by atoms with van der Waals surface area (Å²) in [5, 5.41) is 8.86. The highest BCUT2D eigenvalue weighted by atomic mass is 32.2. The average molecular weight is 206 g/mol. The smallest absolute Gasteiger partial charge is 0.0961 e. The molecule has 0 spiro atoms. The molecule has 1 unspecified atom stereocenters. The summed E-state index contributed by atoms with van der Waals surface area (Å²) in [6.07, 6.45) is 0.866. The first kappa shape index (κ1) is 10.9. The second kappa shape index (κ2) is 4.92. The van der Waals surface area contributed by atoms with E-state index in [0.29, 0.717) is 0 Å². The summed E-state index contributed by atoms with van der Waals surface area (Å²) in [5.74, 6) is 0. The van der Waals surface area contributed by atoms with E-state index < -0.39 is 0 Å². The molecule has 0 aromatic heterocycles. The van der Waals surface area contributed by atoms with Crippen molar-refractivity contribution >= 4 is 17.4 Å². The van der Waals surface area contributed by atoms with Gasteiger partial charge in [-0.1, -0.05) is 6.92 Å². The molecule has 0 saturated carbocycles. The van der Waals surface area contributed by atoms with Crippen molar-refractivity contribution < 1.29 is 0 Å². The minimum absolute atomic E-state index is 0.0398. The lowest BCUT2D eigenvalue weighted by molar-refractivity contribution is 0.985. The topological polar surface area (TPSA) is 49.8 Å². The number of nitrogen functional groups attached to an aromatic ring is 1. The van der Waals surface area contributed by atoms with Gasteiger partial charge in [0.25, 0.3) is 0 Å². The first-order valence-corrected chi connectivity index (χ1v) is 5.47. The van der Waals surface area contributed by atoms with Crippen LogP contribution in [0.5, 0.6) is 0 Å².